The number of carbonyl (C=O) groups excluding carboxylic acids is 1. The summed E-state index contributed by atoms with van der Waals surface area (Å²) in [7, 11) is 1.75. The third-order valence-corrected chi connectivity index (χ3v) is 6.83. The Morgan fingerprint density at radius 1 is 0.974 bits per heavy atom. The lowest BCUT2D eigenvalue weighted by Gasteiger charge is -2.24. The molecule has 1 aliphatic rings. The Kier molecular flexibility index (Phi) is 7.64. The molecule has 0 aliphatic heterocycles. The quantitative estimate of drug-likeness (QED) is 0.232. The SMILES string of the molecule is CNc1ncnc2c1ncn2-c1ccc(NC(=O)Nc2ccc(CNC3CCCCC3)c(C(F)(F)F)c2)cc1. The summed E-state index contributed by atoms with van der Waals surface area (Å²) in [6, 6.07) is 10.4. The summed E-state index contributed by atoms with van der Waals surface area (Å²) < 4.78 is 43.2. The van der Waals surface area contributed by atoms with E-state index in [0.717, 1.165) is 37.4 Å². The molecular weight excluding hydrogens is 509 g/mol. The van der Waals surface area contributed by atoms with Crippen LogP contribution in [0.15, 0.2) is 55.1 Å². The second kappa shape index (κ2) is 11.3. The van der Waals surface area contributed by atoms with Gasteiger partial charge >= 0.3 is 12.2 Å². The molecule has 1 fully saturated rings. The zero-order chi connectivity index (χ0) is 27.4. The van der Waals surface area contributed by atoms with E-state index in [1.54, 1.807) is 42.2 Å². The number of halogens is 3. The van der Waals surface area contributed by atoms with Crippen molar-refractivity contribution in [2.45, 2.75) is 50.9 Å². The zero-order valence-corrected chi connectivity index (χ0v) is 21.3. The number of fused-ring (bicyclic) bond motifs is 1. The van der Waals surface area contributed by atoms with E-state index in [9.17, 15) is 18.0 Å². The number of hydrogen-bond donors (Lipinski definition) is 4. The minimum absolute atomic E-state index is 0.0581. The van der Waals surface area contributed by atoms with Crippen molar-refractivity contribution in [1.82, 2.24) is 24.8 Å². The Labute approximate surface area is 223 Å². The first-order chi connectivity index (χ1) is 18.8. The van der Waals surface area contributed by atoms with E-state index >= 15 is 0 Å². The van der Waals surface area contributed by atoms with Gasteiger partial charge in [-0.15, -0.1) is 0 Å². The molecule has 204 valence electrons. The van der Waals surface area contributed by atoms with E-state index in [1.807, 2.05) is 0 Å². The van der Waals surface area contributed by atoms with Gasteiger partial charge in [0.2, 0.25) is 0 Å². The molecule has 39 heavy (non-hydrogen) atoms. The molecule has 0 saturated heterocycles. The number of amides is 2. The summed E-state index contributed by atoms with van der Waals surface area (Å²) in [5.41, 5.74) is 1.93. The summed E-state index contributed by atoms with van der Waals surface area (Å²) in [6.07, 6.45) is 3.85. The van der Waals surface area contributed by atoms with Crippen molar-refractivity contribution in [3.8, 4) is 5.69 Å². The van der Waals surface area contributed by atoms with Gasteiger partial charge in [0.05, 0.1) is 5.56 Å². The van der Waals surface area contributed by atoms with Gasteiger partial charge in [-0.2, -0.15) is 13.2 Å². The lowest BCUT2D eigenvalue weighted by atomic mass is 9.95. The molecule has 0 spiro atoms. The number of alkyl halides is 3. The van der Waals surface area contributed by atoms with Crippen LogP contribution >= 0.6 is 0 Å². The molecule has 0 bridgehead atoms. The summed E-state index contributed by atoms with van der Waals surface area (Å²) in [5, 5.41) is 11.4. The Hall–Kier alpha value is -4.19. The van der Waals surface area contributed by atoms with Crippen LogP contribution in [0.3, 0.4) is 0 Å². The first-order valence-electron chi connectivity index (χ1n) is 12.8. The lowest BCUT2D eigenvalue weighted by Crippen LogP contribution is -2.31. The van der Waals surface area contributed by atoms with E-state index in [2.05, 4.69) is 36.2 Å². The maximum atomic E-state index is 13.8. The van der Waals surface area contributed by atoms with Crippen molar-refractivity contribution < 1.29 is 18.0 Å². The maximum absolute atomic E-state index is 13.8. The van der Waals surface area contributed by atoms with Crippen molar-refractivity contribution in [3.63, 3.8) is 0 Å². The fraction of sp³-hybridized carbons (Fsp3) is 0.333. The highest BCUT2D eigenvalue weighted by molar-refractivity contribution is 5.99. The zero-order valence-electron chi connectivity index (χ0n) is 21.3. The molecule has 9 nitrogen and oxygen atoms in total. The highest BCUT2D eigenvalue weighted by Crippen LogP contribution is 2.34. The lowest BCUT2D eigenvalue weighted by molar-refractivity contribution is -0.138. The van der Waals surface area contributed by atoms with E-state index < -0.39 is 17.8 Å². The van der Waals surface area contributed by atoms with Crippen LogP contribution in [0, 0.1) is 0 Å². The highest BCUT2D eigenvalue weighted by atomic mass is 19.4. The number of carbonyl (C=O) groups is 1. The van der Waals surface area contributed by atoms with E-state index in [0.29, 0.717) is 22.7 Å². The molecule has 12 heteroatoms. The number of aromatic nitrogens is 4. The number of rotatable bonds is 7. The number of nitrogens with one attached hydrogen (secondary N) is 4. The number of anilines is 3. The average Bonchev–Trinajstić information content (AvgIpc) is 3.37. The summed E-state index contributed by atoms with van der Waals surface area (Å²) in [5.74, 6) is 0.607. The number of benzene rings is 2. The molecule has 2 amide bonds. The topological polar surface area (TPSA) is 109 Å². The Morgan fingerprint density at radius 3 is 2.41 bits per heavy atom. The summed E-state index contributed by atoms with van der Waals surface area (Å²) >= 11 is 0. The van der Waals surface area contributed by atoms with Gasteiger partial charge in [0.25, 0.3) is 0 Å². The standard InChI is InChI=1S/C27H29F3N8O/c1-31-24-23-25(34-15-33-24)38(16-35-23)21-11-9-19(10-12-21)36-26(39)37-20-8-7-17(22(13-20)27(28,29)30)14-32-18-5-3-2-4-6-18/h7-13,15-16,18,32H,2-6,14H2,1H3,(H,31,33,34)(H2,36,37,39). The fourth-order valence-electron chi connectivity index (χ4n) is 4.84. The van der Waals surface area contributed by atoms with Gasteiger partial charge in [-0.25, -0.2) is 19.7 Å². The molecule has 4 aromatic rings. The van der Waals surface area contributed by atoms with E-state index in [1.165, 1.54) is 24.9 Å². The second-order valence-corrected chi connectivity index (χ2v) is 9.47. The molecule has 2 aromatic carbocycles. The van der Waals surface area contributed by atoms with Crippen LogP contribution in [-0.2, 0) is 12.7 Å². The van der Waals surface area contributed by atoms with Gasteiger partial charge in [-0.1, -0.05) is 25.3 Å². The summed E-state index contributed by atoms with van der Waals surface area (Å²) in [4.78, 5) is 25.4. The van der Waals surface area contributed by atoms with Crippen molar-refractivity contribution in [2.24, 2.45) is 0 Å². The number of urea groups is 1. The minimum Gasteiger partial charge on any atom is -0.371 e. The first-order valence-corrected chi connectivity index (χ1v) is 12.8. The van der Waals surface area contributed by atoms with Crippen molar-refractivity contribution in [2.75, 3.05) is 23.0 Å². The van der Waals surface area contributed by atoms with Crippen LogP contribution in [0.5, 0.6) is 0 Å². The minimum atomic E-state index is -4.54. The Bertz CT molecular complexity index is 1450. The van der Waals surface area contributed by atoms with Gasteiger partial charge in [0.1, 0.15) is 12.7 Å². The van der Waals surface area contributed by atoms with Crippen molar-refractivity contribution in [1.29, 1.82) is 0 Å². The molecule has 1 saturated carbocycles. The van der Waals surface area contributed by atoms with Crippen LogP contribution in [0.25, 0.3) is 16.9 Å². The Morgan fingerprint density at radius 2 is 1.69 bits per heavy atom. The third-order valence-electron chi connectivity index (χ3n) is 6.83. The molecule has 2 aromatic heterocycles. The number of hydrogen-bond acceptors (Lipinski definition) is 6. The normalized spacial score (nSPS) is 14.4. The van der Waals surface area contributed by atoms with Gasteiger partial charge in [0, 0.05) is 36.7 Å². The van der Waals surface area contributed by atoms with Gasteiger partial charge in [-0.3, -0.25) is 4.57 Å². The predicted molar refractivity (Wildman–Crippen MR) is 144 cm³/mol. The summed E-state index contributed by atoms with van der Waals surface area (Å²) in [6.45, 7) is 0.132. The van der Waals surface area contributed by atoms with Crippen LogP contribution in [0.1, 0.15) is 43.2 Å². The average molecular weight is 539 g/mol. The van der Waals surface area contributed by atoms with Gasteiger partial charge in [0.15, 0.2) is 17.0 Å². The maximum Gasteiger partial charge on any atom is 0.416 e. The predicted octanol–water partition coefficient (Wildman–Crippen LogP) is 5.94. The van der Waals surface area contributed by atoms with Crippen molar-refractivity contribution >= 4 is 34.4 Å². The van der Waals surface area contributed by atoms with Gasteiger partial charge in [-0.05, 0) is 54.8 Å². The van der Waals surface area contributed by atoms with Gasteiger partial charge < -0.3 is 21.3 Å². The smallest absolute Gasteiger partial charge is 0.371 e. The molecule has 5 rings (SSSR count). The Balaban J connectivity index is 1.24. The largest absolute Gasteiger partial charge is 0.416 e. The number of imidazole rings is 1. The van der Waals surface area contributed by atoms with Crippen LogP contribution in [0.2, 0.25) is 0 Å². The molecule has 0 atom stereocenters. The molecule has 2 heterocycles. The van der Waals surface area contributed by atoms with Crippen LogP contribution in [0.4, 0.5) is 35.2 Å². The first kappa shape index (κ1) is 26.4. The van der Waals surface area contributed by atoms with Crippen LogP contribution < -0.4 is 21.3 Å². The molecular formula is C27H29F3N8O. The van der Waals surface area contributed by atoms with E-state index in [4.69, 9.17) is 0 Å². The second-order valence-electron chi connectivity index (χ2n) is 9.47. The molecule has 4 N–H and O–H groups in total. The monoisotopic (exact) mass is 538 g/mol. The van der Waals surface area contributed by atoms with E-state index in [-0.39, 0.29) is 23.8 Å². The van der Waals surface area contributed by atoms with Crippen LogP contribution in [-0.4, -0.2) is 38.6 Å². The highest BCUT2D eigenvalue weighted by Gasteiger charge is 2.33. The molecule has 1 aliphatic carbocycles. The number of nitrogens with zero attached hydrogens (tertiary/aromatic N) is 4. The molecule has 0 unspecified atom stereocenters. The van der Waals surface area contributed by atoms with Crippen molar-refractivity contribution in [3.05, 3.63) is 66.2 Å². The fourth-order valence-corrected chi connectivity index (χ4v) is 4.84. The third kappa shape index (κ3) is 6.11. The molecule has 0 radical (unpaired) electrons.